The van der Waals surface area contributed by atoms with E-state index >= 15 is 9.59 Å². The highest BCUT2D eigenvalue weighted by atomic mass is 16.5. The molecule has 18 nitrogen and oxygen atoms in total. The highest BCUT2D eigenvalue weighted by Crippen LogP contribution is 2.40. The predicted molar refractivity (Wildman–Crippen MR) is 284 cm³/mol. The molecule has 2 heterocycles. The van der Waals surface area contributed by atoms with Crippen molar-refractivity contribution >= 4 is 41.4 Å². The number of aliphatic hydroxyl groups excluding tert-OH is 2. The van der Waals surface area contributed by atoms with Crippen molar-refractivity contribution in [2.24, 2.45) is 29.6 Å². The van der Waals surface area contributed by atoms with E-state index in [4.69, 9.17) is 4.74 Å². The van der Waals surface area contributed by atoms with Gasteiger partial charge in [0.2, 0.25) is 41.4 Å². The Kier molecular flexibility index (Phi) is 21.6. The number of carbonyl (C=O) groups excluding carboxylic acids is 7. The van der Waals surface area contributed by atoms with Gasteiger partial charge in [-0.1, -0.05) is 114 Å². The number of allylic oxidation sites excluding steroid dienone is 3. The highest BCUT2D eigenvalue weighted by Gasteiger charge is 2.47. The van der Waals surface area contributed by atoms with Gasteiger partial charge in [-0.2, -0.15) is 0 Å². The number of amides is 7. The minimum absolute atomic E-state index is 0.117. The number of likely N-dealkylation sites (N-methyl/N-ethyl adjacent to an activating group) is 2. The molecule has 1 aliphatic carbocycles. The van der Waals surface area contributed by atoms with Crippen LogP contribution >= 0.6 is 0 Å². The van der Waals surface area contributed by atoms with E-state index in [-0.39, 0.29) is 31.4 Å². The predicted octanol–water partition coefficient (Wildman–Crippen LogP) is 3.44. The number of ether oxygens (including phenoxy) is 1. The van der Waals surface area contributed by atoms with Gasteiger partial charge in [0.15, 0.2) is 0 Å². The molecule has 74 heavy (non-hydrogen) atoms. The van der Waals surface area contributed by atoms with Crippen LogP contribution in [0.5, 0.6) is 0 Å². The number of fused-ring (bicyclic) bond motifs is 1. The Balaban J connectivity index is 2.00. The van der Waals surface area contributed by atoms with Crippen LogP contribution in [0.3, 0.4) is 0 Å². The zero-order chi connectivity index (χ0) is 55.5. The number of rotatable bonds is 15. The van der Waals surface area contributed by atoms with E-state index in [2.05, 4.69) is 33.2 Å². The fraction of sp³-hybridized carbons (Fsp3) is 0.589. The number of nitrogens with zero attached hydrogens (tertiary/aromatic N) is 3. The van der Waals surface area contributed by atoms with E-state index in [0.717, 1.165) is 10.5 Å². The van der Waals surface area contributed by atoms with Crippen molar-refractivity contribution < 1.29 is 48.5 Å². The van der Waals surface area contributed by atoms with Gasteiger partial charge in [-0.05, 0) is 76.4 Å². The summed E-state index contributed by atoms with van der Waals surface area (Å²) in [6, 6.07) is -1.41. The molecule has 7 N–H and O–H groups in total. The number of hydrogen-bond acceptors (Lipinski definition) is 11. The van der Waals surface area contributed by atoms with Crippen LogP contribution in [-0.2, 0) is 38.3 Å². The Morgan fingerprint density at radius 2 is 1.27 bits per heavy atom. The maximum absolute atomic E-state index is 15.4. The van der Waals surface area contributed by atoms with E-state index in [0.29, 0.717) is 11.1 Å². The lowest BCUT2D eigenvalue weighted by Gasteiger charge is -2.39. The minimum Gasteiger partial charge on any atom is -0.396 e. The number of nitrogens with one attached hydrogen (secondary N) is 5. The van der Waals surface area contributed by atoms with Crippen LogP contribution in [-0.4, -0.2) is 154 Å². The topological polar surface area (TPSA) is 239 Å². The first kappa shape index (κ1) is 60.4. The minimum atomic E-state index is -1.78. The summed E-state index contributed by atoms with van der Waals surface area (Å²) in [4.78, 5) is 108. The van der Waals surface area contributed by atoms with Gasteiger partial charge in [-0.3, -0.25) is 33.6 Å². The monoisotopic (exact) mass is 1030 g/mol. The van der Waals surface area contributed by atoms with Crippen molar-refractivity contribution in [3.8, 4) is 0 Å². The van der Waals surface area contributed by atoms with Gasteiger partial charge in [0.25, 0.3) is 0 Å². The molecular weight excluding hydrogens is 945 g/mol. The molecule has 0 spiro atoms. The molecule has 2 aliphatic heterocycles. The van der Waals surface area contributed by atoms with Crippen molar-refractivity contribution in [2.45, 2.75) is 155 Å². The van der Waals surface area contributed by atoms with Gasteiger partial charge in [-0.15, -0.1) is 6.58 Å². The van der Waals surface area contributed by atoms with Crippen molar-refractivity contribution in [1.82, 2.24) is 41.3 Å². The Morgan fingerprint density at radius 1 is 0.743 bits per heavy atom. The van der Waals surface area contributed by atoms with E-state index in [1.807, 2.05) is 70.7 Å². The molecule has 1 aromatic rings. The van der Waals surface area contributed by atoms with E-state index < -0.39 is 125 Å². The second-order valence-corrected chi connectivity index (χ2v) is 21.8. The molecule has 1 aromatic carbocycles. The molecule has 408 valence electrons. The van der Waals surface area contributed by atoms with Crippen molar-refractivity contribution in [1.29, 1.82) is 0 Å². The van der Waals surface area contributed by atoms with E-state index in [1.165, 1.54) is 33.0 Å². The smallest absolute Gasteiger partial charge is 0.248 e. The van der Waals surface area contributed by atoms with Crippen LogP contribution in [0.1, 0.15) is 101 Å². The first-order valence-corrected chi connectivity index (χ1v) is 25.8. The molecule has 0 aromatic heterocycles. The van der Waals surface area contributed by atoms with Crippen LogP contribution in [0.25, 0.3) is 0 Å². The molecule has 0 bridgehead atoms. The van der Waals surface area contributed by atoms with Crippen molar-refractivity contribution in [2.75, 3.05) is 27.8 Å². The lowest BCUT2D eigenvalue weighted by atomic mass is 9.84. The standard InChI is InChI=1S/C56H84N8O10/c1-16-56(11,12)64-29-39(38-24-20-21-25-40(38)64)47(66)45-55(73)63(14)42(28-34(8)30-65)50(68)57-36(10)49(67)61-46(48(74-15)37-22-18-17-19-23-37)53(71)58-43(33(6)7)54(72)62(13)41(27-32(4)5)51(69)59-44(52(70)60-45)35(9)26-31(2)3/h16-26,29,32-36,38,40-48,65-66H,1,27-28,30H2,2-15H3,(H,57,68)(H,58,71)(H,59,69)(H,60,70)(H,61,67)/t34-,35-,36+,38?,40?,41+,42+,43+,44+,45+,46+,47-,48-/m1/s1. The van der Waals surface area contributed by atoms with Gasteiger partial charge in [0.05, 0.1) is 11.6 Å². The molecule has 4 rings (SSSR count). The van der Waals surface area contributed by atoms with E-state index in [9.17, 15) is 34.2 Å². The van der Waals surface area contributed by atoms with Crippen LogP contribution in [0.4, 0.5) is 0 Å². The summed E-state index contributed by atoms with van der Waals surface area (Å²) in [6.07, 6.45) is 10.1. The molecule has 0 saturated carbocycles. The summed E-state index contributed by atoms with van der Waals surface area (Å²) >= 11 is 0. The van der Waals surface area contributed by atoms with Crippen LogP contribution in [0.2, 0.25) is 0 Å². The largest absolute Gasteiger partial charge is 0.396 e. The summed E-state index contributed by atoms with van der Waals surface area (Å²) in [5.41, 5.74) is 1.08. The number of benzene rings is 1. The number of methoxy groups -OCH3 is 1. The quantitative estimate of drug-likeness (QED) is 0.126. The van der Waals surface area contributed by atoms with Gasteiger partial charge in [-0.25, -0.2) is 0 Å². The number of hydrogen-bond donors (Lipinski definition) is 7. The molecule has 3 aliphatic rings. The molecule has 0 radical (unpaired) electrons. The summed E-state index contributed by atoms with van der Waals surface area (Å²) < 4.78 is 5.87. The Hall–Kier alpha value is -6.11. The zero-order valence-electron chi connectivity index (χ0n) is 45.9. The highest BCUT2D eigenvalue weighted by molar-refractivity contribution is 5.99. The third-order valence-electron chi connectivity index (χ3n) is 14.3. The van der Waals surface area contributed by atoms with Crippen LogP contribution in [0.15, 0.2) is 90.7 Å². The van der Waals surface area contributed by atoms with Gasteiger partial charge < -0.3 is 56.2 Å². The third kappa shape index (κ3) is 14.6. The first-order chi connectivity index (χ1) is 34.7. The number of carbonyl (C=O) groups is 7. The maximum atomic E-state index is 15.4. The van der Waals surface area contributed by atoms with Gasteiger partial charge >= 0.3 is 0 Å². The van der Waals surface area contributed by atoms with Crippen molar-refractivity contribution in [3.63, 3.8) is 0 Å². The van der Waals surface area contributed by atoms with Crippen molar-refractivity contribution in [3.05, 3.63) is 96.3 Å². The average Bonchev–Trinajstić information content (AvgIpc) is 3.76. The second-order valence-electron chi connectivity index (χ2n) is 21.8. The maximum Gasteiger partial charge on any atom is 0.248 e. The van der Waals surface area contributed by atoms with Crippen LogP contribution in [0, 0.1) is 29.6 Å². The lowest BCUT2D eigenvalue weighted by Crippen LogP contribution is -2.63. The summed E-state index contributed by atoms with van der Waals surface area (Å²) in [5, 5.41) is 37.0. The SMILES string of the molecule is C=CC(C)(C)N1C=C([C@@H](O)[C@@H]2NC(=O)[C@H]([C@H](C)C=C(C)C)NC(=O)[C@H](CC(C)C)N(C)C(=O)[C@H](C(C)C)NC(=O)[C@H]([C@H](OC)c3ccccc3)NC(=O)[C@H](C)NC(=O)[C@H](C[C@@H](C)CO)N(C)C2=O)C2C=CC=CC21. The summed E-state index contributed by atoms with van der Waals surface area (Å²) in [6.45, 7) is 23.2. The first-order valence-electron chi connectivity index (χ1n) is 25.8. The Labute approximate surface area is 438 Å². The normalized spacial score (nSPS) is 27.7. The molecule has 13 atom stereocenters. The molecule has 1 saturated heterocycles. The fourth-order valence-electron chi connectivity index (χ4n) is 9.78. The molecule has 2 unspecified atom stereocenters. The zero-order valence-corrected chi connectivity index (χ0v) is 45.9. The average molecular weight is 1030 g/mol. The van der Waals surface area contributed by atoms with Gasteiger partial charge in [0.1, 0.15) is 54.5 Å². The summed E-state index contributed by atoms with van der Waals surface area (Å²) in [7, 11) is 4.16. The lowest BCUT2D eigenvalue weighted by molar-refractivity contribution is -0.146. The Bertz CT molecular complexity index is 2310. The summed E-state index contributed by atoms with van der Waals surface area (Å²) in [5.74, 6) is -7.90. The third-order valence-corrected chi connectivity index (χ3v) is 14.3. The fourth-order valence-corrected chi connectivity index (χ4v) is 9.78. The molecule has 7 amide bonds. The van der Waals surface area contributed by atoms with Crippen LogP contribution < -0.4 is 26.6 Å². The Morgan fingerprint density at radius 3 is 1.82 bits per heavy atom. The number of aliphatic hydroxyl groups is 2. The molecule has 1 fully saturated rings. The molecular formula is C56H84N8O10. The second kappa shape index (κ2) is 26.4. The van der Waals surface area contributed by atoms with Gasteiger partial charge in [0, 0.05) is 45.8 Å². The van der Waals surface area contributed by atoms with E-state index in [1.54, 1.807) is 76.4 Å². The molecule has 18 heteroatoms.